The van der Waals surface area contributed by atoms with E-state index >= 15 is 0 Å². The quantitative estimate of drug-likeness (QED) is 0.796. The van der Waals surface area contributed by atoms with Crippen LogP contribution in [0.2, 0.25) is 5.02 Å². The Labute approximate surface area is 160 Å². The number of carboxylic acid groups (broad SMARTS) is 1. The Kier molecular flexibility index (Phi) is 5.83. The van der Waals surface area contributed by atoms with Crippen molar-refractivity contribution >= 4 is 23.1 Å². The molecule has 0 fully saturated rings. The number of hydrogen-bond donors (Lipinski definition) is 1. The topological polar surface area (TPSA) is 64.3 Å². The molecule has 0 saturated carbocycles. The van der Waals surface area contributed by atoms with Crippen LogP contribution in [0.4, 0.5) is 0 Å². The molecule has 4 nitrogen and oxygen atoms in total. The molecular weight excluding hydrogens is 348 g/mol. The third-order valence-electron chi connectivity index (χ3n) is 4.64. The van der Waals surface area contributed by atoms with Crippen LogP contribution in [0.25, 0.3) is 5.57 Å². The van der Waals surface area contributed by atoms with Crippen molar-refractivity contribution in [2.24, 2.45) is 5.41 Å². The fraction of sp³-hybridized carbons (Fsp3) is 0.429. The molecule has 0 amide bonds. The van der Waals surface area contributed by atoms with Gasteiger partial charge in [0.1, 0.15) is 0 Å². The van der Waals surface area contributed by atoms with Crippen LogP contribution < -0.4 is 0 Å². The molecule has 0 radical (unpaired) electrons. The Morgan fingerprint density at radius 2 is 1.88 bits per heavy atom. The van der Waals surface area contributed by atoms with Crippen molar-refractivity contribution in [2.75, 3.05) is 7.05 Å². The Balaban J connectivity index is 2.81. The van der Waals surface area contributed by atoms with E-state index in [0.717, 1.165) is 12.1 Å². The van der Waals surface area contributed by atoms with Gasteiger partial charge in [0.15, 0.2) is 0 Å². The standard InChI is InChI=1S/C21H25ClN2O2/c1-6-16-19(20(25)26)18(13-7-9-14(22)10-8-13)15(12-23)17(24(16)5)11-21(2,3)4/h7-10,17H,6,11H2,1-5H3,(H,25,26). The molecule has 2 rings (SSSR count). The number of rotatable bonds is 4. The van der Waals surface area contributed by atoms with Gasteiger partial charge in [0.2, 0.25) is 0 Å². The van der Waals surface area contributed by atoms with Crippen molar-refractivity contribution in [1.82, 2.24) is 4.90 Å². The summed E-state index contributed by atoms with van der Waals surface area (Å²) < 4.78 is 0. The first-order valence-electron chi connectivity index (χ1n) is 8.70. The largest absolute Gasteiger partial charge is 0.478 e. The van der Waals surface area contributed by atoms with Gasteiger partial charge >= 0.3 is 5.97 Å². The van der Waals surface area contributed by atoms with Crippen LogP contribution in [-0.4, -0.2) is 29.1 Å². The van der Waals surface area contributed by atoms with E-state index in [-0.39, 0.29) is 17.0 Å². The van der Waals surface area contributed by atoms with E-state index in [9.17, 15) is 15.2 Å². The summed E-state index contributed by atoms with van der Waals surface area (Å²) in [5.74, 6) is -1.01. The highest BCUT2D eigenvalue weighted by Crippen LogP contribution is 2.42. The van der Waals surface area contributed by atoms with Gasteiger partial charge in [-0.25, -0.2) is 4.79 Å². The van der Waals surface area contributed by atoms with Crippen molar-refractivity contribution in [2.45, 2.75) is 46.6 Å². The van der Waals surface area contributed by atoms with Gasteiger partial charge in [0.05, 0.1) is 23.3 Å². The van der Waals surface area contributed by atoms with Gasteiger partial charge in [-0.1, -0.05) is 51.4 Å². The van der Waals surface area contributed by atoms with Gasteiger partial charge in [0, 0.05) is 23.3 Å². The number of nitriles is 1. The second kappa shape index (κ2) is 7.55. The minimum absolute atomic E-state index is 0.00822. The van der Waals surface area contributed by atoms with E-state index in [2.05, 4.69) is 26.8 Å². The molecule has 0 bridgehead atoms. The Morgan fingerprint density at radius 1 is 1.31 bits per heavy atom. The molecule has 0 aliphatic carbocycles. The molecule has 1 N–H and O–H groups in total. The molecule has 1 aliphatic rings. The van der Waals surface area contributed by atoms with Crippen LogP contribution in [-0.2, 0) is 4.79 Å². The van der Waals surface area contributed by atoms with Crippen LogP contribution in [0.5, 0.6) is 0 Å². The van der Waals surface area contributed by atoms with Crippen molar-refractivity contribution in [3.63, 3.8) is 0 Å². The maximum atomic E-state index is 12.1. The number of nitrogens with zero attached hydrogens (tertiary/aromatic N) is 2. The Bertz CT molecular complexity index is 808. The minimum Gasteiger partial charge on any atom is -0.478 e. The van der Waals surface area contributed by atoms with Gasteiger partial charge in [0.25, 0.3) is 0 Å². The smallest absolute Gasteiger partial charge is 0.338 e. The van der Waals surface area contributed by atoms with Crippen molar-refractivity contribution in [3.8, 4) is 6.07 Å². The lowest BCUT2D eigenvalue weighted by Gasteiger charge is -2.40. The molecule has 1 heterocycles. The number of allylic oxidation sites excluding steroid dienone is 1. The lowest BCUT2D eigenvalue weighted by Crippen LogP contribution is -2.40. The number of carboxylic acids is 1. The molecule has 0 spiro atoms. The van der Waals surface area contributed by atoms with Crippen LogP contribution in [0, 0.1) is 16.7 Å². The number of carbonyl (C=O) groups is 1. The highest BCUT2D eigenvalue weighted by Gasteiger charge is 2.37. The van der Waals surface area contributed by atoms with E-state index in [1.54, 1.807) is 24.3 Å². The predicted molar refractivity (Wildman–Crippen MR) is 105 cm³/mol. The summed E-state index contributed by atoms with van der Waals surface area (Å²) in [6.45, 7) is 8.32. The van der Waals surface area contributed by atoms with Gasteiger partial charge in [-0.15, -0.1) is 0 Å². The maximum Gasteiger partial charge on any atom is 0.338 e. The van der Waals surface area contributed by atoms with Gasteiger partial charge in [-0.2, -0.15) is 5.26 Å². The second-order valence-electron chi connectivity index (χ2n) is 7.78. The molecule has 26 heavy (non-hydrogen) atoms. The lowest BCUT2D eigenvalue weighted by molar-refractivity contribution is -0.132. The monoisotopic (exact) mass is 372 g/mol. The predicted octanol–water partition coefficient (Wildman–Crippen LogP) is 5.12. The number of hydrogen-bond acceptors (Lipinski definition) is 3. The molecule has 1 aromatic rings. The molecule has 1 aliphatic heterocycles. The molecule has 1 unspecified atom stereocenters. The second-order valence-corrected chi connectivity index (χ2v) is 8.22. The highest BCUT2D eigenvalue weighted by molar-refractivity contribution is 6.30. The van der Waals surface area contributed by atoms with E-state index in [4.69, 9.17) is 11.6 Å². The number of likely N-dealkylation sites (N-methyl/N-ethyl adjacent to an activating group) is 1. The maximum absolute atomic E-state index is 12.1. The first kappa shape index (κ1) is 20.1. The SMILES string of the molecule is CCC1=C(C(=O)O)C(c2ccc(Cl)cc2)=C(C#N)C(CC(C)(C)C)N1C. The zero-order valence-electron chi connectivity index (χ0n) is 15.9. The van der Waals surface area contributed by atoms with Gasteiger partial charge in [-0.3, -0.25) is 0 Å². The summed E-state index contributed by atoms with van der Waals surface area (Å²) in [5.41, 5.74) is 2.67. The molecule has 138 valence electrons. The first-order valence-corrected chi connectivity index (χ1v) is 9.08. The van der Waals surface area contributed by atoms with Crippen molar-refractivity contribution in [3.05, 3.63) is 51.7 Å². The normalized spacial score (nSPS) is 18.2. The highest BCUT2D eigenvalue weighted by atomic mass is 35.5. The average molecular weight is 373 g/mol. The Hall–Kier alpha value is -2.25. The zero-order chi connectivity index (χ0) is 19.6. The van der Waals surface area contributed by atoms with Crippen LogP contribution in [0.3, 0.4) is 0 Å². The molecule has 1 aromatic carbocycles. The molecule has 5 heteroatoms. The molecular formula is C21H25ClN2O2. The molecule has 0 saturated heterocycles. The number of benzene rings is 1. The number of aliphatic carboxylic acids is 1. The fourth-order valence-electron chi connectivity index (χ4n) is 3.53. The Morgan fingerprint density at radius 3 is 2.31 bits per heavy atom. The number of halogens is 1. The van der Waals surface area contributed by atoms with Gasteiger partial charge < -0.3 is 10.0 Å². The van der Waals surface area contributed by atoms with Crippen molar-refractivity contribution in [1.29, 1.82) is 5.26 Å². The third-order valence-corrected chi connectivity index (χ3v) is 4.89. The molecule has 1 atom stereocenters. The fourth-order valence-corrected chi connectivity index (χ4v) is 3.65. The van der Waals surface area contributed by atoms with Crippen LogP contribution >= 0.6 is 11.6 Å². The lowest BCUT2D eigenvalue weighted by atomic mass is 9.78. The van der Waals surface area contributed by atoms with Gasteiger partial charge in [-0.05, 0) is 36.0 Å². The van der Waals surface area contributed by atoms with Crippen LogP contribution in [0.1, 0.15) is 46.1 Å². The van der Waals surface area contributed by atoms with E-state index in [0.29, 0.717) is 28.2 Å². The van der Waals surface area contributed by atoms with Crippen LogP contribution in [0.15, 0.2) is 41.1 Å². The van der Waals surface area contributed by atoms with E-state index in [1.807, 2.05) is 18.9 Å². The molecule has 0 aromatic heterocycles. The summed E-state index contributed by atoms with van der Waals surface area (Å²) >= 11 is 6.00. The van der Waals surface area contributed by atoms with E-state index < -0.39 is 5.97 Å². The van der Waals surface area contributed by atoms with E-state index in [1.165, 1.54) is 0 Å². The first-order chi connectivity index (χ1) is 12.1. The average Bonchev–Trinajstić information content (AvgIpc) is 2.55. The summed E-state index contributed by atoms with van der Waals surface area (Å²) in [4.78, 5) is 14.1. The van der Waals surface area contributed by atoms with Crippen molar-refractivity contribution < 1.29 is 9.90 Å². The summed E-state index contributed by atoms with van der Waals surface area (Å²) in [6, 6.07) is 9.16. The zero-order valence-corrected chi connectivity index (χ0v) is 16.7. The summed E-state index contributed by atoms with van der Waals surface area (Å²) in [7, 11) is 1.88. The summed E-state index contributed by atoms with van der Waals surface area (Å²) in [5, 5.41) is 20.4. The minimum atomic E-state index is -1.01. The third kappa shape index (κ3) is 3.94. The summed E-state index contributed by atoms with van der Waals surface area (Å²) in [6.07, 6.45) is 1.33.